The van der Waals surface area contributed by atoms with E-state index in [2.05, 4.69) is 74.3 Å². The number of ether oxygens (including phenoxy) is 2. The fourth-order valence-electron chi connectivity index (χ4n) is 8.05. The van der Waals surface area contributed by atoms with Crippen LogP contribution < -0.4 is 20.9 Å². The van der Waals surface area contributed by atoms with Crippen molar-refractivity contribution in [3.8, 4) is 11.5 Å². The lowest BCUT2D eigenvalue weighted by atomic mass is 10.0. The van der Waals surface area contributed by atoms with Crippen LogP contribution in [0.5, 0.6) is 11.5 Å². The van der Waals surface area contributed by atoms with E-state index >= 15 is 0 Å². The first-order valence-corrected chi connectivity index (χ1v) is 18.7. The van der Waals surface area contributed by atoms with Crippen molar-refractivity contribution >= 4 is 27.5 Å². The second-order valence-electron chi connectivity index (χ2n) is 13.8. The fourth-order valence-corrected chi connectivity index (χ4v) is 8.83. The van der Waals surface area contributed by atoms with Crippen LogP contribution in [0.1, 0.15) is 60.1 Å². The van der Waals surface area contributed by atoms with E-state index in [1.807, 2.05) is 18.2 Å². The van der Waals surface area contributed by atoms with E-state index in [1.165, 1.54) is 34.4 Å². The van der Waals surface area contributed by atoms with Crippen molar-refractivity contribution in [1.29, 1.82) is 0 Å². The highest BCUT2D eigenvalue weighted by molar-refractivity contribution is 9.10. The van der Waals surface area contributed by atoms with E-state index in [0.717, 1.165) is 74.9 Å². The van der Waals surface area contributed by atoms with Gasteiger partial charge in [-0.2, -0.15) is 0 Å². The van der Waals surface area contributed by atoms with Gasteiger partial charge in [-0.1, -0.05) is 60.1 Å². The highest BCUT2D eigenvalue weighted by Crippen LogP contribution is 2.41. The van der Waals surface area contributed by atoms with E-state index in [-0.39, 0.29) is 30.1 Å². The van der Waals surface area contributed by atoms with Gasteiger partial charge < -0.3 is 20.9 Å². The van der Waals surface area contributed by atoms with Gasteiger partial charge >= 0.3 is 0 Å². The lowest BCUT2D eigenvalue weighted by molar-refractivity contribution is 0.0589. The third-order valence-corrected chi connectivity index (χ3v) is 11.3. The van der Waals surface area contributed by atoms with E-state index in [0.29, 0.717) is 22.9 Å². The summed E-state index contributed by atoms with van der Waals surface area (Å²) in [5.74, 6) is 1.30. The zero-order valence-corrected chi connectivity index (χ0v) is 30.0. The lowest BCUT2D eigenvalue weighted by Gasteiger charge is -2.38. The summed E-state index contributed by atoms with van der Waals surface area (Å²) in [6.45, 7) is 4.02. The number of rotatable bonds is 6. The standard InChI is InChI=1S/C20H22BrClN2O.C20H23FN2O/c21-17-11-14(22)7-8-19(17)25-20-16-6-2-1-4-13(16)10-18(20)24-9-3-5-15(23)12-24;21-15-7-9-17(10-8-15)24-20-18-6-2-1-4-14(18)12-19(20)23-11-3-5-16(22)13-23/h1-2,4,6-8,11,15,18,20H,3,5,9-10,12,23H2;1-2,4,6-10,16,19-20H,3,5,11-13,22H2/t15-,18-,20-;16-,19-,20-/m11/s1. The van der Waals surface area contributed by atoms with Gasteiger partial charge in [-0.15, -0.1) is 0 Å². The van der Waals surface area contributed by atoms with Crippen molar-refractivity contribution in [3.63, 3.8) is 0 Å². The summed E-state index contributed by atoms with van der Waals surface area (Å²) >= 11 is 9.65. The number of piperidine rings is 2. The number of hydrogen-bond donors (Lipinski definition) is 2. The predicted octanol–water partition coefficient (Wildman–Crippen LogP) is 7.86. The molecule has 4 aromatic carbocycles. The van der Waals surface area contributed by atoms with Crippen LogP contribution in [-0.4, -0.2) is 60.1 Å². The molecule has 0 spiro atoms. The second kappa shape index (κ2) is 15.5. The molecule has 0 unspecified atom stereocenters. The van der Waals surface area contributed by atoms with Crippen LogP contribution in [0.4, 0.5) is 4.39 Å². The Morgan fingerprint density at radius 2 is 1.22 bits per heavy atom. The largest absolute Gasteiger partial charge is 0.484 e. The minimum Gasteiger partial charge on any atom is -0.484 e. The molecule has 49 heavy (non-hydrogen) atoms. The van der Waals surface area contributed by atoms with Gasteiger partial charge in [-0.25, -0.2) is 4.39 Å². The topological polar surface area (TPSA) is 77.0 Å². The first-order chi connectivity index (χ1) is 23.8. The fraction of sp³-hybridized carbons (Fsp3) is 0.400. The minimum absolute atomic E-state index is 0.0129. The summed E-state index contributed by atoms with van der Waals surface area (Å²) in [7, 11) is 0. The Bertz CT molecular complexity index is 1730. The van der Waals surface area contributed by atoms with Crippen molar-refractivity contribution in [2.24, 2.45) is 11.5 Å². The van der Waals surface area contributed by atoms with Crippen molar-refractivity contribution in [2.45, 2.75) is 74.9 Å². The van der Waals surface area contributed by atoms with E-state index in [4.69, 9.17) is 32.5 Å². The molecule has 0 aromatic heterocycles. The maximum absolute atomic E-state index is 13.2. The molecule has 2 fully saturated rings. The van der Waals surface area contributed by atoms with Gasteiger partial charge in [0.15, 0.2) is 0 Å². The third-order valence-electron chi connectivity index (χ3n) is 10.4. The summed E-state index contributed by atoms with van der Waals surface area (Å²) in [6, 6.07) is 30.2. The van der Waals surface area contributed by atoms with Crippen LogP contribution in [-0.2, 0) is 12.8 Å². The predicted molar refractivity (Wildman–Crippen MR) is 198 cm³/mol. The number of nitrogens with zero attached hydrogens (tertiary/aromatic N) is 2. The molecular formula is C40H45BrClFN4O2. The first-order valence-electron chi connectivity index (χ1n) is 17.5. The zero-order valence-electron chi connectivity index (χ0n) is 27.7. The van der Waals surface area contributed by atoms with Crippen LogP contribution in [0.15, 0.2) is 95.5 Å². The van der Waals surface area contributed by atoms with E-state index in [9.17, 15) is 4.39 Å². The summed E-state index contributed by atoms with van der Waals surface area (Å²) in [4.78, 5) is 4.99. The molecule has 0 saturated carbocycles. The number of hydrogen-bond acceptors (Lipinski definition) is 6. The minimum atomic E-state index is -0.243. The third kappa shape index (κ3) is 8.01. The highest BCUT2D eigenvalue weighted by atomic mass is 79.9. The summed E-state index contributed by atoms with van der Waals surface area (Å²) in [5, 5.41) is 0.699. The molecular weight excluding hydrogens is 703 g/mol. The molecule has 2 heterocycles. The molecule has 0 amide bonds. The van der Waals surface area contributed by atoms with Gasteiger partial charge in [0.2, 0.25) is 0 Å². The number of benzene rings is 4. The summed E-state index contributed by atoms with van der Waals surface area (Å²) < 4.78 is 26.9. The molecule has 258 valence electrons. The van der Waals surface area contributed by atoms with Gasteiger partial charge in [0.1, 0.15) is 29.5 Å². The quantitative estimate of drug-likeness (QED) is 0.209. The molecule has 2 saturated heterocycles. The number of likely N-dealkylation sites (tertiary alicyclic amines) is 2. The maximum atomic E-state index is 13.2. The normalized spacial score (nSPS) is 26.7. The van der Waals surface area contributed by atoms with Crippen molar-refractivity contribution in [3.05, 3.63) is 129 Å². The Balaban J connectivity index is 0.000000154. The zero-order chi connectivity index (χ0) is 33.9. The lowest BCUT2D eigenvalue weighted by Crippen LogP contribution is -2.49. The van der Waals surface area contributed by atoms with Gasteiger partial charge in [-0.05, 0) is 132 Å². The molecule has 9 heteroatoms. The van der Waals surface area contributed by atoms with Crippen LogP contribution in [0.25, 0.3) is 0 Å². The molecule has 6 nitrogen and oxygen atoms in total. The Kier molecular flexibility index (Phi) is 10.9. The van der Waals surface area contributed by atoms with Crippen molar-refractivity contribution < 1.29 is 13.9 Å². The molecule has 4 aromatic rings. The van der Waals surface area contributed by atoms with Crippen LogP contribution >= 0.6 is 27.5 Å². The average Bonchev–Trinajstić information content (AvgIpc) is 3.66. The Labute approximate surface area is 302 Å². The molecule has 0 radical (unpaired) electrons. The molecule has 2 aliphatic carbocycles. The molecule has 0 bridgehead atoms. The summed E-state index contributed by atoms with van der Waals surface area (Å²) in [6.07, 6.45) is 6.48. The van der Waals surface area contributed by atoms with Crippen LogP contribution in [0.2, 0.25) is 5.02 Å². The first kappa shape index (κ1) is 34.5. The maximum Gasteiger partial charge on any atom is 0.140 e. The Morgan fingerprint density at radius 1 is 0.694 bits per heavy atom. The van der Waals surface area contributed by atoms with Gasteiger partial charge in [0.05, 0.1) is 16.6 Å². The molecule has 4 N–H and O–H groups in total. The molecule has 6 atom stereocenters. The molecule has 8 rings (SSSR count). The monoisotopic (exact) mass is 746 g/mol. The number of fused-ring (bicyclic) bond motifs is 2. The average molecular weight is 748 g/mol. The van der Waals surface area contributed by atoms with Crippen LogP contribution in [0.3, 0.4) is 0 Å². The number of halogens is 3. The highest BCUT2D eigenvalue weighted by Gasteiger charge is 2.40. The second-order valence-corrected chi connectivity index (χ2v) is 15.1. The van der Waals surface area contributed by atoms with Gasteiger partial charge in [-0.3, -0.25) is 9.80 Å². The smallest absolute Gasteiger partial charge is 0.140 e. The summed E-state index contributed by atoms with van der Waals surface area (Å²) in [5.41, 5.74) is 17.7. The molecule has 2 aliphatic heterocycles. The van der Waals surface area contributed by atoms with Crippen molar-refractivity contribution in [1.82, 2.24) is 9.80 Å². The number of nitrogens with two attached hydrogens (primary N) is 2. The SMILES string of the molecule is N[C@@H]1CCCN([C@@H]2Cc3ccccc3[C@H]2Oc2ccc(Cl)cc2Br)C1.N[C@@H]1CCCN([C@@H]2Cc3ccccc3[C@H]2Oc2ccc(F)cc2)C1. The van der Waals surface area contributed by atoms with Crippen molar-refractivity contribution in [2.75, 3.05) is 26.2 Å². The van der Waals surface area contributed by atoms with Gasteiger partial charge in [0.25, 0.3) is 0 Å². The van der Waals surface area contributed by atoms with E-state index in [1.54, 1.807) is 12.1 Å². The Hall–Kier alpha value is -2.98. The Morgan fingerprint density at radius 3 is 1.76 bits per heavy atom. The van der Waals surface area contributed by atoms with Crippen LogP contribution in [0, 0.1) is 5.82 Å². The van der Waals surface area contributed by atoms with E-state index < -0.39 is 0 Å². The van der Waals surface area contributed by atoms with Gasteiger partial charge in [0, 0.05) is 30.2 Å². The molecule has 4 aliphatic rings.